The van der Waals surface area contributed by atoms with E-state index in [4.69, 9.17) is 9.47 Å². The van der Waals surface area contributed by atoms with E-state index in [0.717, 1.165) is 61.5 Å². The van der Waals surface area contributed by atoms with Gasteiger partial charge in [0, 0.05) is 31.1 Å². The van der Waals surface area contributed by atoms with Gasteiger partial charge in [-0.05, 0) is 54.7 Å². The molecule has 0 radical (unpaired) electrons. The minimum Gasteiger partial charge on any atom is -0.497 e. The van der Waals surface area contributed by atoms with Crippen LogP contribution >= 0.6 is 0 Å². The van der Waals surface area contributed by atoms with Crippen LogP contribution in [-0.2, 0) is 0 Å². The van der Waals surface area contributed by atoms with Crippen LogP contribution in [0.2, 0.25) is 0 Å². The van der Waals surface area contributed by atoms with E-state index in [9.17, 15) is 4.79 Å². The van der Waals surface area contributed by atoms with E-state index in [1.165, 1.54) is 0 Å². The van der Waals surface area contributed by atoms with Crippen LogP contribution in [0.25, 0.3) is 0 Å². The predicted molar refractivity (Wildman–Crippen MR) is 112 cm³/mol. The number of amides is 1. The van der Waals surface area contributed by atoms with E-state index < -0.39 is 0 Å². The summed E-state index contributed by atoms with van der Waals surface area (Å²) in [5, 5.41) is 0. The standard InChI is InChI=1S/C23H29N3O3/c1-28-19-7-5-6-16(12-19)21-8-3-4-11-26(21)23(27)17-9-10-20(22(13-17)29-2)18-14-24-25-15-18/h5-7,9-10,12-13,18,21,24-25H,3-4,8,11,14-15H2,1-2H3. The van der Waals surface area contributed by atoms with Crippen LogP contribution in [0, 0.1) is 0 Å². The Bertz CT molecular complexity index is 864. The van der Waals surface area contributed by atoms with Gasteiger partial charge in [-0.3, -0.25) is 15.6 Å². The molecule has 2 fully saturated rings. The number of carbonyl (C=O) groups is 1. The highest BCUT2D eigenvalue weighted by Crippen LogP contribution is 2.35. The first-order valence-corrected chi connectivity index (χ1v) is 10.3. The molecule has 6 heteroatoms. The lowest BCUT2D eigenvalue weighted by Gasteiger charge is -2.36. The number of nitrogens with zero attached hydrogens (tertiary/aromatic N) is 1. The molecular formula is C23H29N3O3. The fraction of sp³-hybridized carbons (Fsp3) is 0.435. The second-order valence-corrected chi connectivity index (χ2v) is 7.70. The normalized spacial score (nSPS) is 19.9. The number of hydrogen-bond acceptors (Lipinski definition) is 5. The third-order valence-electron chi connectivity index (χ3n) is 5.98. The lowest BCUT2D eigenvalue weighted by molar-refractivity contribution is 0.0611. The lowest BCUT2D eigenvalue weighted by Crippen LogP contribution is -2.38. The number of piperidine rings is 1. The largest absolute Gasteiger partial charge is 0.497 e. The fourth-order valence-corrected chi connectivity index (χ4v) is 4.40. The van der Waals surface area contributed by atoms with Crippen LogP contribution in [-0.4, -0.2) is 44.7 Å². The third kappa shape index (κ3) is 4.09. The van der Waals surface area contributed by atoms with Crippen molar-refractivity contribution in [2.75, 3.05) is 33.9 Å². The van der Waals surface area contributed by atoms with Crippen molar-refractivity contribution < 1.29 is 14.3 Å². The van der Waals surface area contributed by atoms with Gasteiger partial charge in [-0.1, -0.05) is 18.2 Å². The Labute approximate surface area is 172 Å². The number of hydrazine groups is 1. The molecule has 2 aromatic rings. The summed E-state index contributed by atoms with van der Waals surface area (Å²) in [4.78, 5) is 15.5. The van der Waals surface area contributed by atoms with Crippen LogP contribution in [0.1, 0.15) is 52.7 Å². The van der Waals surface area contributed by atoms with Crippen molar-refractivity contribution in [3.63, 3.8) is 0 Å². The number of methoxy groups -OCH3 is 2. The molecule has 2 heterocycles. The Hall–Kier alpha value is -2.57. The quantitative estimate of drug-likeness (QED) is 0.814. The highest BCUT2D eigenvalue weighted by molar-refractivity contribution is 5.95. The van der Waals surface area contributed by atoms with Crippen molar-refractivity contribution in [1.29, 1.82) is 0 Å². The summed E-state index contributed by atoms with van der Waals surface area (Å²) in [5.74, 6) is 2.00. The van der Waals surface area contributed by atoms with Crippen LogP contribution < -0.4 is 20.3 Å². The highest BCUT2D eigenvalue weighted by atomic mass is 16.5. The first-order valence-electron chi connectivity index (χ1n) is 10.3. The summed E-state index contributed by atoms with van der Waals surface area (Å²) in [6, 6.07) is 14.0. The summed E-state index contributed by atoms with van der Waals surface area (Å²) in [5.41, 5.74) is 9.24. The molecule has 0 aliphatic carbocycles. The minimum absolute atomic E-state index is 0.0602. The second kappa shape index (κ2) is 8.84. The van der Waals surface area contributed by atoms with Crippen molar-refractivity contribution in [2.45, 2.75) is 31.2 Å². The summed E-state index contributed by atoms with van der Waals surface area (Å²) in [6.07, 6.45) is 3.12. The van der Waals surface area contributed by atoms with Crippen molar-refractivity contribution >= 4 is 5.91 Å². The highest BCUT2D eigenvalue weighted by Gasteiger charge is 2.30. The number of likely N-dealkylation sites (tertiary alicyclic amines) is 1. The van der Waals surface area contributed by atoms with Crippen molar-refractivity contribution in [2.24, 2.45) is 0 Å². The summed E-state index contributed by atoms with van der Waals surface area (Å²) in [7, 11) is 3.34. The molecule has 1 atom stereocenters. The molecule has 2 aliphatic heterocycles. The number of benzene rings is 2. The molecule has 0 spiro atoms. The summed E-state index contributed by atoms with van der Waals surface area (Å²) >= 11 is 0. The first kappa shape index (κ1) is 19.7. The summed E-state index contributed by atoms with van der Waals surface area (Å²) < 4.78 is 11.0. The van der Waals surface area contributed by atoms with Gasteiger partial charge in [0.15, 0.2) is 0 Å². The van der Waals surface area contributed by atoms with E-state index >= 15 is 0 Å². The number of carbonyl (C=O) groups excluding carboxylic acids is 1. The van der Waals surface area contributed by atoms with Gasteiger partial charge >= 0.3 is 0 Å². The van der Waals surface area contributed by atoms with E-state index in [1.807, 2.05) is 41.3 Å². The smallest absolute Gasteiger partial charge is 0.254 e. The maximum atomic E-state index is 13.5. The fourth-order valence-electron chi connectivity index (χ4n) is 4.40. The average molecular weight is 396 g/mol. The number of hydrogen-bond donors (Lipinski definition) is 2. The first-order chi connectivity index (χ1) is 14.2. The van der Waals surface area contributed by atoms with Gasteiger partial charge in [0.25, 0.3) is 5.91 Å². The van der Waals surface area contributed by atoms with Gasteiger partial charge in [0.2, 0.25) is 0 Å². The Balaban J connectivity index is 1.61. The molecule has 0 aromatic heterocycles. The zero-order chi connectivity index (χ0) is 20.2. The van der Waals surface area contributed by atoms with Crippen LogP contribution in [0.5, 0.6) is 11.5 Å². The topological polar surface area (TPSA) is 62.8 Å². The summed E-state index contributed by atoms with van der Waals surface area (Å²) in [6.45, 7) is 2.47. The Morgan fingerprint density at radius 2 is 1.86 bits per heavy atom. The van der Waals surface area contributed by atoms with E-state index in [0.29, 0.717) is 11.5 Å². The van der Waals surface area contributed by atoms with Crippen molar-refractivity contribution in [3.05, 3.63) is 59.2 Å². The molecule has 0 bridgehead atoms. The Morgan fingerprint density at radius 1 is 1.03 bits per heavy atom. The molecule has 2 saturated heterocycles. The maximum Gasteiger partial charge on any atom is 0.254 e. The van der Waals surface area contributed by atoms with Crippen LogP contribution in [0.4, 0.5) is 0 Å². The van der Waals surface area contributed by atoms with Gasteiger partial charge in [-0.15, -0.1) is 0 Å². The van der Waals surface area contributed by atoms with E-state index in [1.54, 1.807) is 14.2 Å². The molecule has 0 saturated carbocycles. The van der Waals surface area contributed by atoms with Crippen LogP contribution in [0.15, 0.2) is 42.5 Å². The minimum atomic E-state index is 0.0602. The number of ether oxygens (including phenoxy) is 2. The molecule has 1 amide bonds. The molecular weight excluding hydrogens is 366 g/mol. The molecule has 29 heavy (non-hydrogen) atoms. The molecule has 154 valence electrons. The average Bonchev–Trinajstić information content (AvgIpc) is 3.33. The Kier molecular flexibility index (Phi) is 6.02. The monoisotopic (exact) mass is 395 g/mol. The Morgan fingerprint density at radius 3 is 2.62 bits per heavy atom. The zero-order valence-corrected chi connectivity index (χ0v) is 17.1. The second-order valence-electron chi connectivity index (χ2n) is 7.70. The molecule has 4 rings (SSSR count). The SMILES string of the molecule is COc1cccc(C2CCCCN2C(=O)c2ccc(C3CNNC3)c(OC)c2)c1. The number of nitrogens with one attached hydrogen (secondary N) is 2. The van der Waals surface area contributed by atoms with Gasteiger partial charge in [-0.2, -0.15) is 0 Å². The van der Waals surface area contributed by atoms with Gasteiger partial charge in [-0.25, -0.2) is 0 Å². The van der Waals surface area contributed by atoms with Crippen LogP contribution in [0.3, 0.4) is 0 Å². The molecule has 1 unspecified atom stereocenters. The van der Waals surface area contributed by atoms with Crippen molar-refractivity contribution in [3.8, 4) is 11.5 Å². The van der Waals surface area contributed by atoms with E-state index in [2.05, 4.69) is 16.9 Å². The van der Waals surface area contributed by atoms with Gasteiger partial charge < -0.3 is 14.4 Å². The molecule has 6 nitrogen and oxygen atoms in total. The lowest BCUT2D eigenvalue weighted by atomic mass is 9.93. The molecule has 2 aromatic carbocycles. The molecule has 2 N–H and O–H groups in total. The van der Waals surface area contributed by atoms with Crippen molar-refractivity contribution in [1.82, 2.24) is 15.8 Å². The van der Waals surface area contributed by atoms with E-state index in [-0.39, 0.29) is 11.9 Å². The predicted octanol–water partition coefficient (Wildman–Crippen LogP) is 3.26. The third-order valence-corrected chi connectivity index (χ3v) is 5.98. The maximum absolute atomic E-state index is 13.5. The van der Waals surface area contributed by atoms with Gasteiger partial charge in [0.1, 0.15) is 11.5 Å². The molecule has 2 aliphatic rings. The zero-order valence-electron chi connectivity index (χ0n) is 17.1. The van der Waals surface area contributed by atoms with Gasteiger partial charge in [0.05, 0.1) is 20.3 Å². The number of rotatable bonds is 5.